The van der Waals surface area contributed by atoms with E-state index < -0.39 is 38.2 Å². The number of ether oxygens (including phenoxy) is 2. The van der Waals surface area contributed by atoms with Gasteiger partial charge in [0.1, 0.15) is 28.0 Å². The Hall–Kier alpha value is -3.12. The zero-order chi connectivity index (χ0) is 23.3. The number of fused-ring (bicyclic) bond motifs is 1. The van der Waals surface area contributed by atoms with Gasteiger partial charge in [0.15, 0.2) is 11.6 Å². The molecular weight excluding hydrogens is 446 g/mol. The standard InChI is InChI=1S/C20H20F2N4O5S/c1-26-19(23)25-20(10-31-9-17(20)32(26,28)29)13-5-11(3-4-14(13)21)6-16(27)18-15(22)7-12(30-2)8-24-18/h3-5,7-8,17H,6,9-10H2,1-2H3,(H2,23,25)/t17-,20-/m1/s1. The van der Waals surface area contributed by atoms with E-state index in [1.807, 2.05) is 0 Å². The van der Waals surface area contributed by atoms with Gasteiger partial charge in [-0.3, -0.25) is 4.79 Å². The molecule has 0 aliphatic carbocycles. The molecule has 0 unspecified atom stereocenters. The van der Waals surface area contributed by atoms with Gasteiger partial charge in [0, 0.05) is 25.1 Å². The number of methoxy groups -OCH3 is 1. The number of carbonyl (C=O) groups is 1. The van der Waals surface area contributed by atoms with Crippen molar-refractivity contribution in [2.45, 2.75) is 17.2 Å². The summed E-state index contributed by atoms with van der Waals surface area (Å²) >= 11 is 0. The summed E-state index contributed by atoms with van der Waals surface area (Å²) in [6.45, 7) is -0.387. The molecule has 0 spiro atoms. The number of hydrogen-bond acceptors (Lipinski definition) is 8. The molecule has 170 valence electrons. The van der Waals surface area contributed by atoms with Crippen LogP contribution in [0.3, 0.4) is 0 Å². The highest BCUT2D eigenvalue weighted by Gasteiger charge is 2.58. The Morgan fingerprint density at radius 2 is 2.09 bits per heavy atom. The summed E-state index contributed by atoms with van der Waals surface area (Å²) in [5.74, 6) is -2.34. The largest absolute Gasteiger partial charge is 0.495 e. The number of Topliss-reactive ketones (excluding diaryl/α,β-unsaturated/α-hetero) is 1. The molecule has 1 aromatic carbocycles. The number of ketones is 1. The molecule has 32 heavy (non-hydrogen) atoms. The fourth-order valence-electron chi connectivity index (χ4n) is 3.92. The van der Waals surface area contributed by atoms with Crippen LogP contribution < -0.4 is 10.5 Å². The van der Waals surface area contributed by atoms with Crippen LogP contribution in [0.2, 0.25) is 0 Å². The van der Waals surface area contributed by atoms with Crippen molar-refractivity contribution in [2.75, 3.05) is 27.4 Å². The van der Waals surface area contributed by atoms with Crippen LogP contribution in [-0.4, -0.2) is 62.1 Å². The highest BCUT2D eigenvalue weighted by atomic mass is 32.2. The first-order valence-electron chi connectivity index (χ1n) is 9.52. The Bertz CT molecular complexity index is 1240. The highest BCUT2D eigenvalue weighted by Crippen LogP contribution is 2.43. The van der Waals surface area contributed by atoms with Crippen molar-refractivity contribution in [2.24, 2.45) is 10.7 Å². The average molecular weight is 466 g/mol. The molecule has 1 fully saturated rings. The van der Waals surface area contributed by atoms with Crippen molar-refractivity contribution in [1.29, 1.82) is 0 Å². The molecule has 0 amide bonds. The highest BCUT2D eigenvalue weighted by molar-refractivity contribution is 7.90. The van der Waals surface area contributed by atoms with E-state index in [1.54, 1.807) is 0 Å². The molecule has 2 atom stereocenters. The maximum Gasteiger partial charge on any atom is 0.245 e. The lowest BCUT2D eigenvalue weighted by Gasteiger charge is -2.38. The van der Waals surface area contributed by atoms with Crippen LogP contribution in [0.4, 0.5) is 8.78 Å². The number of aliphatic imine (C=N–C) groups is 1. The number of nitrogens with zero attached hydrogens (tertiary/aromatic N) is 3. The summed E-state index contributed by atoms with van der Waals surface area (Å²) in [6, 6.07) is 4.84. The molecule has 2 aromatic rings. The van der Waals surface area contributed by atoms with Crippen LogP contribution in [0.15, 0.2) is 35.5 Å². The van der Waals surface area contributed by atoms with E-state index in [9.17, 15) is 22.0 Å². The molecule has 2 aliphatic rings. The van der Waals surface area contributed by atoms with E-state index in [0.29, 0.717) is 5.56 Å². The van der Waals surface area contributed by atoms with Gasteiger partial charge < -0.3 is 15.2 Å². The number of sulfonamides is 1. The maximum absolute atomic E-state index is 14.9. The molecule has 0 radical (unpaired) electrons. The van der Waals surface area contributed by atoms with E-state index in [0.717, 1.165) is 16.4 Å². The van der Waals surface area contributed by atoms with Gasteiger partial charge in [-0.1, -0.05) is 6.07 Å². The third-order valence-corrected chi connectivity index (χ3v) is 7.88. The molecule has 0 bridgehead atoms. The minimum atomic E-state index is -3.96. The van der Waals surface area contributed by atoms with Crippen LogP contribution >= 0.6 is 0 Å². The average Bonchev–Trinajstić information content (AvgIpc) is 3.19. The number of hydrogen-bond donors (Lipinski definition) is 1. The summed E-state index contributed by atoms with van der Waals surface area (Å²) in [5, 5.41) is -1.19. The fraction of sp³-hybridized carbons (Fsp3) is 0.350. The van der Waals surface area contributed by atoms with Crippen LogP contribution in [-0.2, 0) is 26.7 Å². The number of carbonyl (C=O) groups excluding carboxylic acids is 1. The summed E-state index contributed by atoms with van der Waals surface area (Å²) in [4.78, 5) is 20.7. The van der Waals surface area contributed by atoms with Crippen LogP contribution in [0.5, 0.6) is 5.75 Å². The first-order valence-corrected chi connectivity index (χ1v) is 11.0. The van der Waals surface area contributed by atoms with Crippen molar-refractivity contribution in [1.82, 2.24) is 9.29 Å². The third-order valence-electron chi connectivity index (χ3n) is 5.68. The lowest BCUT2D eigenvalue weighted by Crippen LogP contribution is -2.57. The first kappa shape index (κ1) is 22.1. The zero-order valence-electron chi connectivity index (χ0n) is 17.2. The Labute approximate surface area is 182 Å². The van der Waals surface area contributed by atoms with Gasteiger partial charge in [-0.15, -0.1) is 0 Å². The number of guanidine groups is 1. The quantitative estimate of drug-likeness (QED) is 0.652. The minimum absolute atomic E-state index is 0.0620. The molecule has 1 aromatic heterocycles. The zero-order valence-corrected chi connectivity index (χ0v) is 18.0. The second-order valence-electron chi connectivity index (χ2n) is 7.53. The summed E-state index contributed by atoms with van der Waals surface area (Å²) in [6.07, 6.45) is 0.920. The maximum atomic E-state index is 14.9. The van der Waals surface area contributed by atoms with Gasteiger partial charge in [-0.2, -0.15) is 0 Å². The molecule has 4 rings (SSSR count). The molecular formula is C20H20F2N4O5S. The lowest BCUT2D eigenvalue weighted by molar-refractivity contribution is 0.0983. The van der Waals surface area contributed by atoms with Crippen LogP contribution in [0, 0.1) is 11.6 Å². The normalized spacial score (nSPS) is 24.1. The van der Waals surface area contributed by atoms with E-state index in [2.05, 4.69) is 9.98 Å². The smallest absolute Gasteiger partial charge is 0.245 e. The fourth-order valence-corrected chi connectivity index (χ4v) is 5.61. The van der Waals surface area contributed by atoms with Crippen molar-refractivity contribution in [3.05, 3.63) is 58.9 Å². The Morgan fingerprint density at radius 1 is 1.34 bits per heavy atom. The number of benzene rings is 1. The van der Waals surface area contributed by atoms with Gasteiger partial charge in [-0.05, 0) is 17.7 Å². The van der Waals surface area contributed by atoms with E-state index in [4.69, 9.17) is 15.2 Å². The Balaban J connectivity index is 1.73. The number of nitrogens with two attached hydrogens (primary N) is 1. The Kier molecular flexibility index (Phi) is 5.37. The summed E-state index contributed by atoms with van der Waals surface area (Å²) in [7, 11) is -1.35. The topological polar surface area (TPSA) is 124 Å². The Morgan fingerprint density at radius 3 is 2.78 bits per heavy atom. The SMILES string of the molecule is COc1cnc(C(=O)Cc2ccc(F)c([C@]34COC[C@H]3S(=O)(=O)N(C)C(N)=N4)c2)c(F)c1. The van der Waals surface area contributed by atoms with Gasteiger partial charge in [-0.25, -0.2) is 31.5 Å². The van der Waals surface area contributed by atoms with E-state index in [-0.39, 0.29) is 42.6 Å². The number of rotatable bonds is 5. The van der Waals surface area contributed by atoms with Gasteiger partial charge in [0.05, 0.1) is 26.5 Å². The third kappa shape index (κ3) is 3.39. The van der Waals surface area contributed by atoms with Gasteiger partial charge >= 0.3 is 0 Å². The van der Waals surface area contributed by atoms with Crippen LogP contribution in [0.1, 0.15) is 21.6 Å². The number of aromatic nitrogens is 1. The number of halogens is 2. The molecule has 3 heterocycles. The summed E-state index contributed by atoms with van der Waals surface area (Å²) < 4.78 is 66.0. The van der Waals surface area contributed by atoms with Gasteiger partial charge in [0.25, 0.3) is 0 Å². The molecule has 1 saturated heterocycles. The van der Waals surface area contributed by atoms with E-state index in [1.165, 1.54) is 32.5 Å². The molecule has 2 aliphatic heterocycles. The second kappa shape index (κ2) is 7.78. The lowest BCUT2D eigenvalue weighted by atomic mass is 9.87. The molecule has 9 nitrogen and oxygen atoms in total. The van der Waals surface area contributed by atoms with Crippen molar-refractivity contribution < 1.29 is 31.5 Å². The molecule has 12 heteroatoms. The van der Waals surface area contributed by atoms with Crippen molar-refractivity contribution in [3.8, 4) is 5.75 Å². The number of pyridine rings is 1. The predicted molar refractivity (Wildman–Crippen MR) is 110 cm³/mol. The van der Waals surface area contributed by atoms with Crippen molar-refractivity contribution >= 4 is 21.8 Å². The second-order valence-corrected chi connectivity index (χ2v) is 9.68. The summed E-state index contributed by atoms with van der Waals surface area (Å²) in [5.41, 5.74) is 4.10. The minimum Gasteiger partial charge on any atom is -0.495 e. The van der Waals surface area contributed by atoms with E-state index >= 15 is 0 Å². The predicted octanol–water partition coefficient (Wildman–Crippen LogP) is 0.978. The van der Waals surface area contributed by atoms with Crippen molar-refractivity contribution in [3.63, 3.8) is 0 Å². The van der Waals surface area contributed by atoms with Gasteiger partial charge in [0.2, 0.25) is 16.0 Å². The molecule has 0 saturated carbocycles. The first-order chi connectivity index (χ1) is 15.1. The van der Waals surface area contributed by atoms with Crippen LogP contribution in [0.25, 0.3) is 0 Å². The monoisotopic (exact) mass is 466 g/mol. The molecule has 2 N–H and O–H groups in total.